The number of allylic oxidation sites excluding steroid dienone is 4. The summed E-state index contributed by atoms with van der Waals surface area (Å²) in [5, 5.41) is 6.73. The van der Waals surface area contributed by atoms with Crippen molar-refractivity contribution in [3.63, 3.8) is 0 Å². The quantitative estimate of drug-likeness (QED) is 0.249. The SMILES string of the molecule is C/N=C1/C=CC=C/C1=N/Nc1cc(-c2cccs2)ccc1OCC1(COc2ccc(C)cc2)CCC1. The molecule has 0 bridgehead atoms. The van der Waals surface area contributed by atoms with Crippen molar-refractivity contribution >= 4 is 28.4 Å². The van der Waals surface area contributed by atoms with Gasteiger partial charge in [-0.2, -0.15) is 5.10 Å². The number of ether oxygens (including phenoxy) is 2. The summed E-state index contributed by atoms with van der Waals surface area (Å²) in [7, 11) is 1.77. The highest BCUT2D eigenvalue weighted by atomic mass is 32.1. The summed E-state index contributed by atoms with van der Waals surface area (Å²) >= 11 is 1.72. The van der Waals surface area contributed by atoms with Gasteiger partial charge in [0, 0.05) is 17.3 Å². The maximum absolute atomic E-state index is 6.45. The van der Waals surface area contributed by atoms with Gasteiger partial charge in [-0.05, 0) is 79.3 Å². The minimum absolute atomic E-state index is 0.0272. The van der Waals surface area contributed by atoms with Gasteiger partial charge in [0.05, 0.1) is 24.6 Å². The van der Waals surface area contributed by atoms with Crippen molar-refractivity contribution in [2.24, 2.45) is 15.5 Å². The van der Waals surface area contributed by atoms with Crippen molar-refractivity contribution in [3.05, 3.63) is 89.8 Å². The molecule has 2 aromatic carbocycles. The van der Waals surface area contributed by atoms with Crippen molar-refractivity contribution in [2.45, 2.75) is 26.2 Å². The van der Waals surface area contributed by atoms with E-state index in [9.17, 15) is 0 Å². The Hall–Kier alpha value is -3.64. The second kappa shape index (κ2) is 11.0. The number of nitrogens with zero attached hydrogens (tertiary/aromatic N) is 2. The number of hydrogen-bond donors (Lipinski definition) is 1. The predicted molar refractivity (Wildman–Crippen MR) is 151 cm³/mol. The zero-order valence-electron chi connectivity index (χ0n) is 20.7. The maximum atomic E-state index is 6.45. The van der Waals surface area contributed by atoms with E-state index in [1.54, 1.807) is 18.4 Å². The maximum Gasteiger partial charge on any atom is 0.144 e. The lowest BCUT2D eigenvalue weighted by atomic mass is 9.70. The first kappa shape index (κ1) is 24.1. The van der Waals surface area contributed by atoms with Crippen LogP contribution in [0.5, 0.6) is 11.5 Å². The summed E-state index contributed by atoms with van der Waals surface area (Å²) < 4.78 is 12.6. The first-order chi connectivity index (χ1) is 17.6. The molecule has 5 nitrogen and oxygen atoms in total. The largest absolute Gasteiger partial charge is 0.493 e. The third-order valence-electron chi connectivity index (χ3n) is 6.72. The van der Waals surface area contributed by atoms with Crippen molar-refractivity contribution in [2.75, 3.05) is 25.7 Å². The monoisotopic (exact) mass is 497 g/mol. The molecule has 0 saturated heterocycles. The summed E-state index contributed by atoms with van der Waals surface area (Å²) in [5.74, 6) is 1.69. The van der Waals surface area contributed by atoms with Crippen LogP contribution in [0.3, 0.4) is 0 Å². The molecular formula is C30H31N3O2S. The third kappa shape index (κ3) is 5.60. The standard InChI is InChI=1S/C30H31N3O2S/c1-22-10-13-24(14-11-22)34-20-30(16-6-17-30)21-35-28-15-12-23(29-9-5-18-36-29)19-27(28)33-32-26-8-4-3-7-25(26)31-2/h3-5,7-15,18-19,33H,6,16-17,20-21H2,1-2H3/b31-25-,32-26-. The molecule has 2 aliphatic carbocycles. The molecule has 1 saturated carbocycles. The Morgan fingerprint density at radius 3 is 2.42 bits per heavy atom. The van der Waals surface area contributed by atoms with Gasteiger partial charge in [0.1, 0.15) is 17.2 Å². The number of thiophene rings is 1. The van der Waals surface area contributed by atoms with Crippen LogP contribution in [0.2, 0.25) is 0 Å². The smallest absolute Gasteiger partial charge is 0.144 e. The van der Waals surface area contributed by atoms with Crippen LogP contribution in [-0.4, -0.2) is 31.7 Å². The fourth-order valence-corrected chi connectivity index (χ4v) is 5.04. The topological polar surface area (TPSA) is 55.2 Å². The average Bonchev–Trinajstić information content (AvgIpc) is 3.43. The van der Waals surface area contributed by atoms with Gasteiger partial charge in [0.25, 0.3) is 0 Å². The van der Waals surface area contributed by atoms with Crippen LogP contribution in [0, 0.1) is 12.3 Å². The molecule has 0 atom stereocenters. The molecule has 0 aliphatic heterocycles. The fraction of sp³-hybridized carbons (Fsp3) is 0.267. The van der Waals surface area contributed by atoms with Gasteiger partial charge in [-0.15, -0.1) is 11.3 Å². The molecule has 3 aromatic rings. The normalized spacial score (nSPS) is 18.3. The van der Waals surface area contributed by atoms with Gasteiger partial charge in [-0.3, -0.25) is 10.4 Å². The Morgan fingerprint density at radius 1 is 0.944 bits per heavy atom. The molecule has 1 fully saturated rings. The number of hydrogen-bond acceptors (Lipinski definition) is 6. The number of nitrogens with one attached hydrogen (secondary N) is 1. The number of aliphatic imine (C=N–C) groups is 1. The number of rotatable bonds is 9. The van der Waals surface area contributed by atoms with Gasteiger partial charge in [-0.25, -0.2) is 0 Å². The van der Waals surface area contributed by atoms with E-state index in [2.05, 4.69) is 64.2 Å². The van der Waals surface area contributed by atoms with E-state index in [0.717, 1.165) is 47.0 Å². The van der Waals surface area contributed by atoms with Crippen LogP contribution >= 0.6 is 11.3 Å². The molecule has 0 unspecified atom stereocenters. The summed E-state index contributed by atoms with van der Waals surface area (Å²) in [5.41, 5.74) is 8.10. The Balaban J connectivity index is 1.33. The molecule has 1 aromatic heterocycles. The molecule has 6 heteroatoms. The summed E-state index contributed by atoms with van der Waals surface area (Å²) in [4.78, 5) is 5.53. The molecule has 1 heterocycles. The van der Waals surface area contributed by atoms with Crippen molar-refractivity contribution < 1.29 is 9.47 Å². The zero-order valence-corrected chi connectivity index (χ0v) is 21.6. The summed E-state index contributed by atoms with van der Waals surface area (Å²) in [6.45, 7) is 3.34. The van der Waals surface area contributed by atoms with Crippen LogP contribution in [0.4, 0.5) is 5.69 Å². The number of aryl methyl sites for hydroxylation is 1. The Labute approximate surface area is 216 Å². The molecule has 1 N–H and O–H groups in total. The van der Waals surface area contributed by atoms with E-state index < -0.39 is 0 Å². The Morgan fingerprint density at radius 2 is 1.72 bits per heavy atom. The average molecular weight is 498 g/mol. The minimum atomic E-state index is 0.0272. The van der Waals surface area contributed by atoms with E-state index in [1.807, 2.05) is 42.5 Å². The number of anilines is 1. The van der Waals surface area contributed by atoms with Gasteiger partial charge >= 0.3 is 0 Å². The van der Waals surface area contributed by atoms with Crippen molar-refractivity contribution in [3.8, 4) is 21.9 Å². The van der Waals surface area contributed by atoms with Crippen LogP contribution in [0.25, 0.3) is 10.4 Å². The first-order valence-corrected chi connectivity index (χ1v) is 13.2. The van der Waals surface area contributed by atoms with E-state index in [0.29, 0.717) is 13.2 Å². The molecule has 5 rings (SSSR count). The van der Waals surface area contributed by atoms with Crippen molar-refractivity contribution in [1.29, 1.82) is 0 Å². The van der Waals surface area contributed by atoms with Gasteiger partial charge in [0.15, 0.2) is 0 Å². The lowest BCUT2D eigenvalue weighted by Gasteiger charge is -2.41. The van der Waals surface area contributed by atoms with E-state index in [4.69, 9.17) is 9.47 Å². The molecular weight excluding hydrogens is 466 g/mol. The van der Waals surface area contributed by atoms with Crippen molar-refractivity contribution in [1.82, 2.24) is 0 Å². The molecule has 2 aliphatic rings. The highest BCUT2D eigenvalue weighted by Gasteiger charge is 2.39. The molecule has 0 spiro atoms. The van der Waals surface area contributed by atoms with E-state index in [1.165, 1.54) is 16.9 Å². The summed E-state index contributed by atoms with van der Waals surface area (Å²) in [6.07, 6.45) is 11.2. The second-order valence-corrected chi connectivity index (χ2v) is 10.3. The third-order valence-corrected chi connectivity index (χ3v) is 7.64. The number of hydrazone groups is 1. The summed E-state index contributed by atoms with van der Waals surface area (Å²) in [6, 6.07) is 18.7. The predicted octanol–water partition coefficient (Wildman–Crippen LogP) is 7.32. The highest BCUT2D eigenvalue weighted by Crippen LogP contribution is 2.43. The lowest BCUT2D eigenvalue weighted by molar-refractivity contribution is 0.00998. The zero-order chi connectivity index (χ0) is 24.8. The van der Waals surface area contributed by atoms with Crippen LogP contribution < -0.4 is 14.9 Å². The van der Waals surface area contributed by atoms with Gasteiger partial charge in [0.2, 0.25) is 0 Å². The molecule has 36 heavy (non-hydrogen) atoms. The van der Waals surface area contributed by atoms with E-state index in [-0.39, 0.29) is 5.41 Å². The highest BCUT2D eigenvalue weighted by molar-refractivity contribution is 7.13. The Kier molecular flexibility index (Phi) is 7.33. The van der Waals surface area contributed by atoms with Crippen LogP contribution in [-0.2, 0) is 0 Å². The molecule has 0 radical (unpaired) electrons. The number of benzene rings is 2. The second-order valence-electron chi connectivity index (χ2n) is 9.37. The fourth-order valence-electron chi connectivity index (χ4n) is 4.32. The van der Waals surface area contributed by atoms with Gasteiger partial charge < -0.3 is 9.47 Å². The van der Waals surface area contributed by atoms with Crippen LogP contribution in [0.1, 0.15) is 24.8 Å². The minimum Gasteiger partial charge on any atom is -0.493 e. The van der Waals surface area contributed by atoms with E-state index >= 15 is 0 Å². The van der Waals surface area contributed by atoms with Crippen LogP contribution in [0.15, 0.2) is 94.4 Å². The Bertz CT molecular complexity index is 1300. The molecule has 184 valence electrons. The van der Waals surface area contributed by atoms with Gasteiger partial charge in [-0.1, -0.05) is 42.3 Å². The first-order valence-electron chi connectivity index (χ1n) is 12.3. The molecule has 0 amide bonds. The lowest BCUT2D eigenvalue weighted by Crippen LogP contribution is -2.41.